The number of nitrogens with one attached hydrogen (secondary N) is 1. The quantitative estimate of drug-likeness (QED) is 0.889. The first kappa shape index (κ1) is 16.1. The monoisotopic (exact) mass is 303 g/mol. The standard InChI is InChI=1S/C17H21NO4/c1-5-11-6-7-13-12(8-11)10(4)15(22-13)16(19)18-14(9(2)3)17(20)21/h6-9,14H,5H2,1-4H3,(H,18,19)(H,20,21)/t14-/m1/s1. The molecular formula is C17H21NO4. The van der Waals surface area contributed by atoms with Crippen LogP contribution in [-0.2, 0) is 11.2 Å². The number of hydrogen-bond acceptors (Lipinski definition) is 3. The predicted molar refractivity (Wildman–Crippen MR) is 84.1 cm³/mol. The number of fused-ring (bicyclic) bond motifs is 1. The Morgan fingerprint density at radius 3 is 2.55 bits per heavy atom. The van der Waals surface area contributed by atoms with Crippen molar-refractivity contribution in [2.24, 2.45) is 5.92 Å². The van der Waals surface area contributed by atoms with Crippen LogP contribution in [0.5, 0.6) is 0 Å². The molecule has 2 rings (SSSR count). The fourth-order valence-corrected chi connectivity index (χ4v) is 2.42. The molecule has 0 unspecified atom stereocenters. The molecule has 1 heterocycles. The van der Waals surface area contributed by atoms with Crippen LogP contribution in [0.4, 0.5) is 0 Å². The lowest BCUT2D eigenvalue weighted by molar-refractivity contribution is -0.140. The van der Waals surface area contributed by atoms with Crippen LogP contribution in [0.1, 0.15) is 42.5 Å². The molecule has 2 aromatic rings. The molecule has 0 spiro atoms. The molecule has 0 fully saturated rings. The molecule has 0 radical (unpaired) electrons. The SMILES string of the molecule is CCc1ccc2oc(C(=O)N[C@@H](C(=O)O)C(C)C)c(C)c2c1. The van der Waals surface area contributed by atoms with Crippen molar-refractivity contribution in [1.82, 2.24) is 5.32 Å². The van der Waals surface area contributed by atoms with Crippen LogP contribution >= 0.6 is 0 Å². The molecule has 1 aromatic carbocycles. The van der Waals surface area contributed by atoms with Gasteiger partial charge in [-0.2, -0.15) is 0 Å². The fourth-order valence-electron chi connectivity index (χ4n) is 2.42. The highest BCUT2D eigenvalue weighted by atomic mass is 16.4. The summed E-state index contributed by atoms with van der Waals surface area (Å²) >= 11 is 0. The number of benzene rings is 1. The van der Waals surface area contributed by atoms with Crippen LogP contribution < -0.4 is 5.32 Å². The molecule has 5 nitrogen and oxygen atoms in total. The summed E-state index contributed by atoms with van der Waals surface area (Å²) in [5, 5.41) is 12.6. The van der Waals surface area contributed by atoms with Crippen molar-refractivity contribution < 1.29 is 19.1 Å². The average molecular weight is 303 g/mol. The summed E-state index contributed by atoms with van der Waals surface area (Å²) in [5.41, 5.74) is 2.53. The van der Waals surface area contributed by atoms with Crippen LogP contribution in [0.3, 0.4) is 0 Å². The van der Waals surface area contributed by atoms with Gasteiger partial charge in [0.1, 0.15) is 11.6 Å². The molecule has 5 heteroatoms. The van der Waals surface area contributed by atoms with E-state index in [1.165, 1.54) is 0 Å². The van der Waals surface area contributed by atoms with Gasteiger partial charge in [-0.25, -0.2) is 4.79 Å². The molecule has 118 valence electrons. The van der Waals surface area contributed by atoms with Crippen molar-refractivity contribution in [3.05, 3.63) is 35.1 Å². The number of carboxylic acid groups (broad SMARTS) is 1. The van der Waals surface area contributed by atoms with E-state index in [9.17, 15) is 14.7 Å². The highest BCUT2D eigenvalue weighted by molar-refractivity contribution is 6.00. The van der Waals surface area contributed by atoms with E-state index >= 15 is 0 Å². The third-order valence-corrected chi connectivity index (χ3v) is 3.83. The zero-order valence-corrected chi connectivity index (χ0v) is 13.3. The largest absolute Gasteiger partial charge is 0.480 e. The number of amides is 1. The van der Waals surface area contributed by atoms with E-state index in [0.29, 0.717) is 5.58 Å². The zero-order valence-electron chi connectivity index (χ0n) is 13.3. The molecule has 22 heavy (non-hydrogen) atoms. The second-order valence-electron chi connectivity index (χ2n) is 5.77. The smallest absolute Gasteiger partial charge is 0.326 e. The van der Waals surface area contributed by atoms with Gasteiger partial charge in [-0.3, -0.25) is 4.79 Å². The second-order valence-corrected chi connectivity index (χ2v) is 5.77. The lowest BCUT2D eigenvalue weighted by Crippen LogP contribution is -2.44. The third-order valence-electron chi connectivity index (χ3n) is 3.83. The maximum atomic E-state index is 12.3. The maximum Gasteiger partial charge on any atom is 0.326 e. The molecular weight excluding hydrogens is 282 g/mol. The average Bonchev–Trinajstić information content (AvgIpc) is 2.80. The van der Waals surface area contributed by atoms with Gasteiger partial charge in [0.15, 0.2) is 5.76 Å². The Morgan fingerprint density at radius 1 is 1.32 bits per heavy atom. The van der Waals surface area contributed by atoms with Crippen LogP contribution in [0.25, 0.3) is 11.0 Å². The maximum absolute atomic E-state index is 12.3. The molecule has 0 aliphatic carbocycles. The normalized spacial score (nSPS) is 12.6. The van der Waals surface area contributed by atoms with E-state index < -0.39 is 17.9 Å². The van der Waals surface area contributed by atoms with Crippen molar-refractivity contribution >= 4 is 22.8 Å². The Morgan fingerprint density at radius 2 is 2.00 bits per heavy atom. The molecule has 1 atom stereocenters. The minimum Gasteiger partial charge on any atom is -0.480 e. The molecule has 0 bridgehead atoms. The van der Waals surface area contributed by atoms with E-state index in [1.807, 2.05) is 25.1 Å². The Kier molecular flexibility index (Phi) is 4.54. The number of rotatable bonds is 5. The fraction of sp³-hybridized carbons (Fsp3) is 0.412. The van der Waals surface area contributed by atoms with Crippen molar-refractivity contribution in [2.75, 3.05) is 0 Å². The summed E-state index contributed by atoms with van der Waals surface area (Å²) in [6, 6.07) is 4.87. The van der Waals surface area contributed by atoms with Gasteiger partial charge < -0.3 is 14.8 Å². The van der Waals surface area contributed by atoms with E-state index in [0.717, 1.165) is 22.9 Å². The molecule has 2 N–H and O–H groups in total. The van der Waals surface area contributed by atoms with E-state index in [2.05, 4.69) is 12.2 Å². The van der Waals surface area contributed by atoms with Crippen molar-refractivity contribution in [2.45, 2.75) is 40.2 Å². The van der Waals surface area contributed by atoms with Crippen LogP contribution in [0, 0.1) is 12.8 Å². The van der Waals surface area contributed by atoms with Crippen molar-refractivity contribution in [3.8, 4) is 0 Å². The number of carboxylic acids is 1. The van der Waals surface area contributed by atoms with Gasteiger partial charge in [0, 0.05) is 10.9 Å². The summed E-state index contributed by atoms with van der Waals surface area (Å²) in [5.74, 6) is -1.58. The van der Waals surface area contributed by atoms with E-state index in [-0.39, 0.29) is 11.7 Å². The molecule has 0 aliphatic heterocycles. The Bertz CT molecular complexity index is 715. The number of carbonyl (C=O) groups excluding carboxylic acids is 1. The molecule has 0 aliphatic rings. The summed E-state index contributed by atoms with van der Waals surface area (Å²) in [7, 11) is 0. The van der Waals surface area contributed by atoms with Crippen molar-refractivity contribution in [1.29, 1.82) is 0 Å². The summed E-state index contributed by atoms with van der Waals surface area (Å²) in [6.45, 7) is 7.37. The van der Waals surface area contributed by atoms with Crippen molar-refractivity contribution in [3.63, 3.8) is 0 Å². The number of hydrogen-bond donors (Lipinski definition) is 2. The van der Waals surface area contributed by atoms with E-state index in [1.54, 1.807) is 13.8 Å². The minimum absolute atomic E-state index is 0.176. The summed E-state index contributed by atoms with van der Waals surface area (Å²) < 4.78 is 5.62. The van der Waals surface area contributed by atoms with E-state index in [4.69, 9.17) is 4.42 Å². The van der Waals surface area contributed by atoms with Gasteiger partial charge in [0.25, 0.3) is 5.91 Å². The van der Waals surface area contributed by atoms with Crippen LogP contribution in [0.2, 0.25) is 0 Å². The van der Waals surface area contributed by atoms with Gasteiger partial charge >= 0.3 is 5.97 Å². The van der Waals surface area contributed by atoms with Gasteiger partial charge in [-0.15, -0.1) is 0 Å². The Balaban J connectivity index is 2.36. The van der Waals surface area contributed by atoms with Gasteiger partial charge in [0.2, 0.25) is 0 Å². The number of aryl methyl sites for hydroxylation is 2. The second kappa shape index (κ2) is 6.22. The molecule has 0 saturated carbocycles. The minimum atomic E-state index is -1.05. The summed E-state index contributed by atoms with van der Waals surface area (Å²) in [6.07, 6.45) is 0.899. The molecule has 1 aromatic heterocycles. The Labute approximate surface area is 129 Å². The third kappa shape index (κ3) is 2.98. The lowest BCUT2D eigenvalue weighted by Gasteiger charge is -2.17. The topological polar surface area (TPSA) is 79.5 Å². The zero-order chi connectivity index (χ0) is 16.4. The van der Waals surface area contributed by atoms with Gasteiger partial charge in [-0.05, 0) is 37.0 Å². The first-order valence-electron chi connectivity index (χ1n) is 7.40. The number of carbonyl (C=O) groups is 2. The van der Waals surface area contributed by atoms with Gasteiger partial charge in [0.05, 0.1) is 0 Å². The molecule has 1 amide bonds. The first-order chi connectivity index (χ1) is 10.3. The van der Waals surface area contributed by atoms with Crippen LogP contribution in [-0.4, -0.2) is 23.0 Å². The predicted octanol–water partition coefficient (Wildman–Crippen LogP) is 3.14. The Hall–Kier alpha value is -2.30. The first-order valence-corrected chi connectivity index (χ1v) is 7.40. The summed E-state index contributed by atoms with van der Waals surface area (Å²) in [4.78, 5) is 23.5. The lowest BCUT2D eigenvalue weighted by atomic mass is 10.0. The van der Waals surface area contributed by atoms with Gasteiger partial charge in [-0.1, -0.05) is 26.8 Å². The molecule has 0 saturated heterocycles. The number of aliphatic carboxylic acids is 1. The number of furan rings is 1. The highest BCUT2D eigenvalue weighted by Gasteiger charge is 2.26. The van der Waals surface area contributed by atoms with Crippen LogP contribution in [0.15, 0.2) is 22.6 Å². The highest BCUT2D eigenvalue weighted by Crippen LogP contribution is 2.26.